The van der Waals surface area contributed by atoms with Crippen LogP contribution in [0.2, 0.25) is 0 Å². The van der Waals surface area contributed by atoms with E-state index in [4.69, 9.17) is 31.4 Å². The van der Waals surface area contributed by atoms with Crippen molar-refractivity contribution in [2.75, 3.05) is 53.9 Å². The van der Waals surface area contributed by atoms with E-state index in [9.17, 15) is 18.0 Å². The molecule has 24 heteroatoms. The molecule has 7 heterocycles. The summed E-state index contributed by atoms with van der Waals surface area (Å²) >= 11 is 1.57. The summed E-state index contributed by atoms with van der Waals surface area (Å²) in [5, 5.41) is 10.4. The van der Waals surface area contributed by atoms with Gasteiger partial charge in [0.05, 0.1) is 73.1 Å². The van der Waals surface area contributed by atoms with Crippen LogP contribution in [0.4, 0.5) is 34.5 Å². The minimum atomic E-state index is -3.62. The van der Waals surface area contributed by atoms with Gasteiger partial charge in [-0.2, -0.15) is 0 Å². The van der Waals surface area contributed by atoms with Crippen molar-refractivity contribution in [2.24, 2.45) is 0 Å². The normalized spacial score (nSPS) is 14.2. The average Bonchev–Trinajstić information content (AvgIpc) is 1.63. The van der Waals surface area contributed by atoms with Gasteiger partial charge in [-0.3, -0.25) is 14.3 Å². The monoisotopic (exact) mass is 1370 g/mol. The summed E-state index contributed by atoms with van der Waals surface area (Å²) in [6.07, 6.45) is 25.6. The minimum absolute atomic E-state index is 0.0750. The number of nitrogens with two attached hydrogens (primary N) is 3. The molecule has 0 atom stereocenters. The third-order valence-corrected chi connectivity index (χ3v) is 20.9. The molecule has 0 radical (unpaired) electrons. The van der Waals surface area contributed by atoms with Gasteiger partial charge in [0.25, 0.3) is 0 Å². The maximum atomic E-state index is 12.8. The Bertz CT molecular complexity index is 4970. The van der Waals surface area contributed by atoms with E-state index in [1.807, 2.05) is 115 Å². The summed E-state index contributed by atoms with van der Waals surface area (Å²) in [5.74, 6) is 2.67. The zero-order chi connectivity index (χ0) is 68.6. The molecule has 3 fully saturated rings. The van der Waals surface area contributed by atoms with E-state index >= 15 is 0 Å². The lowest BCUT2D eigenvalue weighted by molar-refractivity contribution is -0.116. The quantitative estimate of drug-likeness (QED) is 0.0438. The number of ether oxygens (including phenoxy) is 3. The van der Waals surface area contributed by atoms with Gasteiger partial charge in [-0.15, -0.1) is 11.3 Å². The number of methoxy groups -OCH3 is 3. The molecule has 5 aromatic carbocycles. The molecule has 0 bridgehead atoms. The zero-order valence-electron chi connectivity index (χ0n) is 55.4. The van der Waals surface area contributed by atoms with E-state index in [0.717, 1.165) is 115 Å². The van der Waals surface area contributed by atoms with Crippen LogP contribution in [0.15, 0.2) is 170 Å². The number of hydrogen-bond donors (Lipinski definition) is 6. The van der Waals surface area contributed by atoms with Crippen LogP contribution in [-0.2, 0) is 38.2 Å². The Morgan fingerprint density at radius 3 is 1.23 bits per heavy atom. The molecule has 3 saturated carbocycles. The summed E-state index contributed by atoms with van der Waals surface area (Å²) in [4.78, 5) is 52.4. The molecule has 0 saturated heterocycles. The summed E-state index contributed by atoms with van der Waals surface area (Å²) in [5.41, 5.74) is 30.3. The number of nitrogens with one attached hydrogen (secondary N) is 3. The molecule has 0 aliphatic heterocycles. The maximum Gasteiger partial charge on any atom is 0.237 e. The number of nitrogens with zero attached hydrogens (tertiary/aromatic N) is 9. The molecular formula is C75H79N15O7S2. The van der Waals surface area contributed by atoms with Gasteiger partial charge < -0.3 is 55.7 Å². The van der Waals surface area contributed by atoms with Gasteiger partial charge in [0.15, 0.2) is 0 Å². The lowest BCUT2D eigenvalue weighted by atomic mass is 10.0. The predicted octanol–water partition coefficient (Wildman–Crippen LogP) is 14.8. The molecule has 9 N–H and O–H groups in total. The first-order valence-electron chi connectivity index (χ1n) is 33.3. The first-order valence-corrected chi connectivity index (χ1v) is 35.8. The van der Waals surface area contributed by atoms with E-state index in [1.54, 1.807) is 43.8 Å². The first kappa shape index (κ1) is 66.8. The van der Waals surface area contributed by atoms with Crippen molar-refractivity contribution in [3.8, 4) is 50.6 Å². The number of nitrogen functional groups attached to an aromatic ring is 3. The van der Waals surface area contributed by atoms with Gasteiger partial charge in [-0.05, 0) is 114 Å². The molecule has 3 aliphatic carbocycles. The summed E-state index contributed by atoms with van der Waals surface area (Å²) in [6.45, 7) is 0. The number of thiophene rings is 1. The molecule has 2 amide bonds. The second-order valence-corrected chi connectivity index (χ2v) is 27.9. The molecule has 15 rings (SSSR count). The highest BCUT2D eigenvalue weighted by Gasteiger charge is 2.28. The van der Waals surface area contributed by atoms with Crippen LogP contribution >= 0.6 is 11.3 Å². The second-order valence-electron chi connectivity index (χ2n) is 25.1. The number of benzene rings is 5. The van der Waals surface area contributed by atoms with Gasteiger partial charge in [-0.25, -0.2) is 38.3 Å². The molecule has 99 heavy (non-hydrogen) atoms. The number of aromatic nitrogens is 9. The van der Waals surface area contributed by atoms with Gasteiger partial charge in [-0.1, -0.05) is 123 Å². The third-order valence-electron chi connectivity index (χ3n) is 18.7. The molecule has 3 aliphatic rings. The van der Waals surface area contributed by atoms with Crippen molar-refractivity contribution in [1.82, 2.24) is 43.6 Å². The molecule has 7 aromatic heterocycles. The highest BCUT2D eigenvalue weighted by Crippen LogP contribution is 2.45. The van der Waals surface area contributed by atoms with Crippen LogP contribution in [0, 0.1) is 0 Å². The Morgan fingerprint density at radius 1 is 0.475 bits per heavy atom. The van der Waals surface area contributed by atoms with Gasteiger partial charge >= 0.3 is 0 Å². The highest BCUT2D eigenvalue weighted by atomic mass is 32.2. The first-order chi connectivity index (χ1) is 48.2. The average molecular weight is 1370 g/mol. The fourth-order valence-electron chi connectivity index (χ4n) is 14.0. The van der Waals surface area contributed by atoms with E-state index in [0.29, 0.717) is 88.3 Å². The van der Waals surface area contributed by atoms with E-state index in [1.165, 1.54) is 64.6 Å². The van der Waals surface area contributed by atoms with Crippen LogP contribution in [0.25, 0.3) is 66.5 Å². The Hall–Kier alpha value is -10.9. The summed E-state index contributed by atoms with van der Waals surface area (Å²) < 4.78 is 51.7. The number of sulfonamides is 1. The molecule has 0 unspecified atom stereocenters. The zero-order valence-corrected chi connectivity index (χ0v) is 57.1. The molecule has 22 nitrogen and oxygen atoms in total. The molecule has 0 spiro atoms. The fraction of sp³-hybridized carbons (Fsp3) is 0.280. The van der Waals surface area contributed by atoms with Crippen molar-refractivity contribution in [3.63, 3.8) is 0 Å². The predicted molar refractivity (Wildman–Crippen MR) is 392 cm³/mol. The van der Waals surface area contributed by atoms with E-state index in [2.05, 4.69) is 77.6 Å². The maximum absolute atomic E-state index is 12.8. The Balaban J connectivity index is 0.000000133. The lowest BCUT2D eigenvalue weighted by Gasteiger charge is -2.13. The van der Waals surface area contributed by atoms with Crippen LogP contribution in [0.5, 0.6) is 17.2 Å². The molecule has 508 valence electrons. The fourth-order valence-corrected chi connectivity index (χ4v) is 15.9. The van der Waals surface area contributed by atoms with Crippen molar-refractivity contribution >= 4 is 101 Å². The van der Waals surface area contributed by atoms with Crippen molar-refractivity contribution < 1.29 is 32.2 Å². The van der Waals surface area contributed by atoms with Gasteiger partial charge in [0, 0.05) is 58.3 Å². The number of fused-ring (bicyclic) bond motifs is 3. The largest absolute Gasteiger partial charge is 0.495 e. The minimum Gasteiger partial charge on any atom is -0.495 e. The van der Waals surface area contributed by atoms with Gasteiger partial charge in [0.1, 0.15) is 70.6 Å². The molecular weight excluding hydrogens is 1290 g/mol. The smallest absolute Gasteiger partial charge is 0.237 e. The molecule has 12 aromatic rings. The SMILES string of the molecule is COc1cc(-c2cn(C3CCCC3)c3ncnc(N)c23)ccc1NC(=O)Cc1ccccc1.COc1cc(-c2cn(C3CCCC3)c3ncnc(N)c23)ccc1NC(=O)Cc1cccs1.COc1cc(-c2cn(C3CCCC3)c3ncnc(N)c23)ccc1NS(=O)(=O)Cc1ccccc1. The highest BCUT2D eigenvalue weighted by molar-refractivity contribution is 7.91. The van der Waals surface area contributed by atoms with Crippen LogP contribution in [0.3, 0.4) is 0 Å². The van der Waals surface area contributed by atoms with Gasteiger partial charge in [0.2, 0.25) is 21.8 Å². The van der Waals surface area contributed by atoms with Crippen molar-refractivity contribution in [2.45, 2.75) is 114 Å². The van der Waals surface area contributed by atoms with Crippen LogP contribution in [0.1, 0.15) is 111 Å². The number of amides is 2. The second kappa shape index (κ2) is 29.9. The summed E-state index contributed by atoms with van der Waals surface area (Å²) in [6, 6.07) is 40.8. The Kier molecular flexibility index (Phi) is 20.1. The standard InChI is InChI=1S/C26H27N5O2.C25H27N5O3S.C24H25N5O2S/c1-33-22-14-18(11-12-21(22)30-23(32)13-17-7-3-2-4-8-17)20-15-31(19-9-5-6-10-19)26-24(20)25(27)28-16-29-26;1-33-22-13-18(11-12-21(22)29-34(31,32)15-17-7-3-2-4-8-17)20-14-30(19-9-5-6-10-19)25-23(20)24(26)27-16-28-25;1-31-20-11-15(8-9-19(20)28-21(30)12-17-7-4-10-32-17)18-13-29(16-5-2-3-6-16)24-22(18)23(25)26-14-27-24/h2-4,7-8,11-12,14-16,19H,5-6,9-10,13H2,1H3,(H,30,32)(H2,27,28,29);2-4,7-8,11-14,16,19,29H,5-6,9-10,15H2,1H3,(H2,26,27,28);4,7-11,13-14,16H,2-3,5-6,12H2,1H3,(H,28,30)(H2,25,26,27). The number of hydrogen-bond acceptors (Lipinski definition) is 17. The topological polar surface area (TPSA) is 302 Å². The number of carbonyl (C=O) groups excluding carboxylic acids is 2. The third kappa shape index (κ3) is 14.9. The lowest BCUT2D eigenvalue weighted by Crippen LogP contribution is -2.15. The van der Waals surface area contributed by atoms with Crippen LogP contribution in [-0.4, -0.2) is 85.2 Å². The Labute approximate surface area is 578 Å². The van der Waals surface area contributed by atoms with Crippen LogP contribution < -0.4 is 46.8 Å². The summed E-state index contributed by atoms with van der Waals surface area (Å²) in [7, 11) is 1.11. The number of anilines is 6. The van der Waals surface area contributed by atoms with Crippen molar-refractivity contribution in [1.29, 1.82) is 0 Å². The Morgan fingerprint density at radius 2 is 0.848 bits per heavy atom. The van der Waals surface area contributed by atoms with E-state index < -0.39 is 10.0 Å². The number of carbonyl (C=O) groups is 2. The van der Waals surface area contributed by atoms with E-state index in [-0.39, 0.29) is 17.6 Å². The number of rotatable bonds is 19. The van der Waals surface area contributed by atoms with Crippen molar-refractivity contribution in [3.05, 3.63) is 186 Å².